The number of rotatable bonds is 4. The fraction of sp³-hybridized carbons (Fsp3) is 0.476. The van der Waals surface area contributed by atoms with E-state index in [1.807, 2.05) is 43.0 Å². The number of hydrogen-bond acceptors (Lipinski definition) is 3. The number of carbonyl (C=O) groups excluding carboxylic acids is 2. The first-order valence-electron chi connectivity index (χ1n) is 9.64. The number of carbonyl (C=O) groups is 2. The molecule has 144 valence electrons. The van der Waals surface area contributed by atoms with Crippen molar-refractivity contribution < 1.29 is 9.59 Å². The molecular weight excluding hydrogens is 406 g/mol. The number of likely N-dealkylation sites (tertiary alicyclic amines) is 1. The summed E-state index contributed by atoms with van der Waals surface area (Å²) in [6.07, 6.45) is 4.45. The van der Waals surface area contributed by atoms with E-state index in [1.165, 1.54) is 12.8 Å². The summed E-state index contributed by atoms with van der Waals surface area (Å²) >= 11 is 3.55. The van der Waals surface area contributed by atoms with Crippen LogP contribution in [0.2, 0.25) is 0 Å². The Hall–Kier alpha value is -1.95. The molecule has 6 heteroatoms. The topological polar surface area (TPSA) is 53.5 Å². The fourth-order valence-electron chi connectivity index (χ4n) is 3.63. The van der Waals surface area contributed by atoms with E-state index in [-0.39, 0.29) is 18.4 Å². The molecule has 1 saturated heterocycles. The predicted molar refractivity (Wildman–Crippen MR) is 111 cm³/mol. The van der Waals surface area contributed by atoms with E-state index in [4.69, 9.17) is 0 Å². The van der Waals surface area contributed by atoms with Gasteiger partial charge in [-0.3, -0.25) is 14.6 Å². The van der Waals surface area contributed by atoms with Gasteiger partial charge in [-0.15, -0.1) is 0 Å². The minimum absolute atomic E-state index is 0.0428. The van der Waals surface area contributed by atoms with Gasteiger partial charge in [0.2, 0.25) is 5.91 Å². The lowest BCUT2D eigenvalue weighted by Gasteiger charge is -2.26. The number of benzene rings is 1. The summed E-state index contributed by atoms with van der Waals surface area (Å²) in [5.41, 5.74) is 2.16. The molecule has 0 unspecified atom stereocenters. The molecule has 1 aliphatic rings. The van der Waals surface area contributed by atoms with Crippen LogP contribution in [0.1, 0.15) is 48.7 Å². The van der Waals surface area contributed by atoms with Crippen LogP contribution in [0.3, 0.4) is 0 Å². The van der Waals surface area contributed by atoms with Crippen LogP contribution in [0.4, 0.5) is 0 Å². The molecule has 0 spiro atoms. The van der Waals surface area contributed by atoms with Crippen molar-refractivity contribution in [3.8, 4) is 0 Å². The summed E-state index contributed by atoms with van der Waals surface area (Å²) in [5, 5.41) is 0.800. The molecule has 2 heterocycles. The van der Waals surface area contributed by atoms with Crippen LogP contribution in [-0.2, 0) is 4.79 Å². The first kappa shape index (κ1) is 19.8. The lowest BCUT2D eigenvalue weighted by Crippen LogP contribution is -2.43. The van der Waals surface area contributed by atoms with Gasteiger partial charge in [0.1, 0.15) is 6.54 Å². The molecule has 27 heavy (non-hydrogen) atoms. The lowest BCUT2D eigenvalue weighted by molar-refractivity contribution is -0.131. The molecule has 0 saturated carbocycles. The highest BCUT2D eigenvalue weighted by Crippen LogP contribution is 2.28. The Morgan fingerprint density at radius 1 is 1.19 bits per heavy atom. The normalized spacial score (nSPS) is 14.9. The standard InChI is InChI=1S/C21H26BrN3O2/c1-3-24(14-19(26)25-11-6-4-5-7-12-25)21(27)16-13-15(2)23-18-10-8-9-17(22)20(16)18/h8-10,13H,3-7,11-12,14H2,1-2H3. The molecule has 0 aliphatic carbocycles. The molecule has 0 bridgehead atoms. The largest absolute Gasteiger partial charge is 0.341 e. The van der Waals surface area contributed by atoms with Crippen molar-refractivity contribution in [2.45, 2.75) is 39.5 Å². The van der Waals surface area contributed by atoms with E-state index in [2.05, 4.69) is 20.9 Å². The molecule has 0 atom stereocenters. The molecular formula is C21H26BrN3O2. The number of likely N-dealkylation sites (N-methyl/N-ethyl adjacent to an activating group) is 1. The zero-order valence-corrected chi connectivity index (χ0v) is 17.6. The molecule has 1 fully saturated rings. The number of nitrogens with zero attached hydrogens (tertiary/aromatic N) is 3. The Balaban J connectivity index is 1.87. The fourth-order valence-corrected chi connectivity index (χ4v) is 4.19. The minimum atomic E-state index is -0.122. The average molecular weight is 432 g/mol. The van der Waals surface area contributed by atoms with Gasteiger partial charge in [0.05, 0.1) is 11.1 Å². The molecule has 0 radical (unpaired) electrons. The van der Waals surface area contributed by atoms with Crippen LogP contribution < -0.4 is 0 Å². The Kier molecular flexibility index (Phi) is 6.47. The summed E-state index contributed by atoms with van der Waals surface area (Å²) in [7, 11) is 0. The van der Waals surface area contributed by atoms with E-state index in [9.17, 15) is 9.59 Å². The summed E-state index contributed by atoms with van der Waals surface area (Å²) < 4.78 is 0.839. The van der Waals surface area contributed by atoms with E-state index >= 15 is 0 Å². The summed E-state index contributed by atoms with van der Waals surface area (Å²) in [4.78, 5) is 34.1. The van der Waals surface area contributed by atoms with Crippen LogP contribution in [0, 0.1) is 6.92 Å². The minimum Gasteiger partial charge on any atom is -0.341 e. The van der Waals surface area contributed by atoms with Crippen molar-refractivity contribution in [1.82, 2.24) is 14.8 Å². The summed E-state index contributed by atoms with van der Waals surface area (Å²) in [5.74, 6) is -0.0793. The average Bonchev–Trinajstić information content (AvgIpc) is 2.94. The van der Waals surface area contributed by atoms with Gasteiger partial charge in [0.15, 0.2) is 0 Å². The van der Waals surface area contributed by atoms with Crippen molar-refractivity contribution in [2.75, 3.05) is 26.2 Å². The Morgan fingerprint density at radius 2 is 1.89 bits per heavy atom. The Bertz CT molecular complexity index is 845. The van der Waals surface area contributed by atoms with Gasteiger partial charge in [-0.1, -0.05) is 34.8 Å². The second kappa shape index (κ2) is 8.83. The van der Waals surface area contributed by atoms with Gasteiger partial charge in [0, 0.05) is 35.2 Å². The Morgan fingerprint density at radius 3 is 2.56 bits per heavy atom. The molecule has 2 aromatic rings. The molecule has 1 aromatic carbocycles. The second-order valence-electron chi connectivity index (χ2n) is 7.06. The van der Waals surface area contributed by atoms with Crippen LogP contribution >= 0.6 is 15.9 Å². The second-order valence-corrected chi connectivity index (χ2v) is 7.91. The molecule has 2 amide bonds. The molecule has 3 rings (SSSR count). The first-order valence-corrected chi connectivity index (χ1v) is 10.4. The molecule has 5 nitrogen and oxygen atoms in total. The van der Waals surface area contributed by atoms with Gasteiger partial charge in [-0.05, 0) is 44.9 Å². The third-order valence-corrected chi connectivity index (χ3v) is 5.76. The maximum absolute atomic E-state index is 13.3. The van der Waals surface area contributed by atoms with Crippen molar-refractivity contribution in [2.24, 2.45) is 0 Å². The number of fused-ring (bicyclic) bond motifs is 1. The highest BCUT2D eigenvalue weighted by molar-refractivity contribution is 9.10. The molecule has 1 aliphatic heterocycles. The Labute approximate surface area is 168 Å². The number of pyridine rings is 1. The highest BCUT2D eigenvalue weighted by atomic mass is 79.9. The maximum Gasteiger partial charge on any atom is 0.255 e. The van der Waals surface area contributed by atoms with E-state index < -0.39 is 0 Å². The third kappa shape index (κ3) is 4.49. The maximum atomic E-state index is 13.3. The zero-order valence-electron chi connectivity index (χ0n) is 16.0. The van der Waals surface area contributed by atoms with Crippen molar-refractivity contribution >= 4 is 38.6 Å². The van der Waals surface area contributed by atoms with Gasteiger partial charge in [0.25, 0.3) is 5.91 Å². The van der Waals surface area contributed by atoms with Crippen molar-refractivity contribution in [3.05, 3.63) is 40.0 Å². The van der Waals surface area contributed by atoms with E-state index in [1.54, 1.807) is 4.90 Å². The number of hydrogen-bond donors (Lipinski definition) is 0. The highest BCUT2D eigenvalue weighted by Gasteiger charge is 2.24. The number of amides is 2. The molecule has 0 N–H and O–H groups in total. The van der Waals surface area contributed by atoms with Crippen molar-refractivity contribution in [3.63, 3.8) is 0 Å². The third-order valence-electron chi connectivity index (χ3n) is 5.10. The van der Waals surface area contributed by atoms with E-state index in [0.717, 1.165) is 47.0 Å². The predicted octanol–water partition coefficient (Wildman–Crippen LogP) is 4.17. The summed E-state index contributed by atoms with van der Waals surface area (Å²) in [6.45, 7) is 6.02. The van der Waals surface area contributed by atoms with E-state index in [0.29, 0.717) is 12.1 Å². The quantitative estimate of drug-likeness (QED) is 0.729. The van der Waals surface area contributed by atoms with Crippen LogP contribution in [0.5, 0.6) is 0 Å². The van der Waals surface area contributed by atoms with Crippen LogP contribution in [-0.4, -0.2) is 52.8 Å². The van der Waals surface area contributed by atoms with Crippen LogP contribution in [0.25, 0.3) is 10.9 Å². The van der Waals surface area contributed by atoms with Gasteiger partial charge < -0.3 is 9.80 Å². The number of halogens is 1. The number of aromatic nitrogens is 1. The van der Waals surface area contributed by atoms with Gasteiger partial charge >= 0.3 is 0 Å². The van der Waals surface area contributed by atoms with Gasteiger partial charge in [-0.25, -0.2) is 0 Å². The lowest BCUT2D eigenvalue weighted by atomic mass is 10.1. The SMILES string of the molecule is CCN(CC(=O)N1CCCCCC1)C(=O)c1cc(C)nc2cccc(Br)c12. The molecule has 1 aromatic heterocycles. The van der Waals surface area contributed by atoms with Crippen molar-refractivity contribution in [1.29, 1.82) is 0 Å². The first-order chi connectivity index (χ1) is 13.0. The smallest absolute Gasteiger partial charge is 0.255 e. The number of aryl methyl sites for hydroxylation is 1. The monoisotopic (exact) mass is 431 g/mol. The summed E-state index contributed by atoms with van der Waals surface area (Å²) in [6, 6.07) is 7.54. The van der Waals surface area contributed by atoms with Crippen LogP contribution in [0.15, 0.2) is 28.7 Å². The zero-order chi connectivity index (χ0) is 19.4. The van der Waals surface area contributed by atoms with Gasteiger partial charge in [-0.2, -0.15) is 0 Å².